The van der Waals surface area contributed by atoms with Gasteiger partial charge in [-0.3, -0.25) is 15.1 Å². The third-order valence-electron chi connectivity index (χ3n) is 6.41. The predicted molar refractivity (Wildman–Crippen MR) is 126 cm³/mol. The number of aromatic nitrogens is 3. The summed E-state index contributed by atoms with van der Waals surface area (Å²) in [5.41, 5.74) is 0.856. The molecule has 4 rings (SSSR count). The molecule has 34 heavy (non-hydrogen) atoms. The highest BCUT2D eigenvalue weighted by atomic mass is 35.5. The van der Waals surface area contributed by atoms with Crippen LogP contribution in [0.2, 0.25) is 0 Å². The van der Waals surface area contributed by atoms with Crippen LogP contribution in [0.3, 0.4) is 0 Å². The van der Waals surface area contributed by atoms with Crippen molar-refractivity contribution in [2.75, 3.05) is 17.7 Å². The average molecular weight is 489 g/mol. The molecular weight excluding hydrogens is 460 g/mol. The highest BCUT2D eigenvalue weighted by Crippen LogP contribution is 2.38. The van der Waals surface area contributed by atoms with E-state index in [4.69, 9.17) is 16.3 Å². The Hall–Kier alpha value is -2.98. The summed E-state index contributed by atoms with van der Waals surface area (Å²) >= 11 is 6.69. The van der Waals surface area contributed by atoms with Gasteiger partial charge in [-0.2, -0.15) is 4.98 Å². The highest BCUT2D eigenvalue weighted by molar-refractivity contribution is 6.21. The number of hydrogen-bond acceptors (Lipinski definition) is 8. The fourth-order valence-electron chi connectivity index (χ4n) is 4.59. The Morgan fingerprint density at radius 1 is 1.24 bits per heavy atom. The number of alkyl halides is 1. The zero-order valence-electron chi connectivity index (χ0n) is 19.1. The number of nitrogens with one attached hydrogen (secondary N) is 3. The van der Waals surface area contributed by atoms with Crippen LogP contribution in [-0.2, 0) is 20.9 Å². The molecule has 0 bridgehead atoms. The van der Waals surface area contributed by atoms with Gasteiger partial charge >= 0.3 is 6.09 Å². The first-order valence-electron chi connectivity index (χ1n) is 11.3. The van der Waals surface area contributed by atoms with Gasteiger partial charge in [-0.1, -0.05) is 6.07 Å². The van der Waals surface area contributed by atoms with E-state index in [9.17, 15) is 9.59 Å². The fraction of sp³-hybridized carbons (Fsp3) is 0.522. The summed E-state index contributed by atoms with van der Waals surface area (Å²) in [5, 5.41) is 8.74. The Morgan fingerprint density at radius 2 is 2.09 bits per heavy atom. The van der Waals surface area contributed by atoms with Crippen LogP contribution in [0.4, 0.5) is 16.6 Å². The van der Waals surface area contributed by atoms with Crippen molar-refractivity contribution in [2.24, 2.45) is 11.8 Å². The number of rotatable bonds is 7. The standard InChI is InChI=1S/C23H29ClN6O4/c1-13(27-22-26-8-6-20(29-22)30-23(32)33-2)16-9-14-10-17(24)19(11-18(14)28-21(16)31)34-12-15-5-3-4-7-25-15/h3-8,13-14,16-19H,9-12H2,1-2H3,(H,28,31)(H2,26,27,29,30,32)/t13-,14?,16?,17?,18?,19?/m0/s1. The fourth-order valence-corrected chi connectivity index (χ4v) is 5.00. The number of amides is 2. The normalized spacial score (nSPS) is 27.1. The Morgan fingerprint density at radius 3 is 2.85 bits per heavy atom. The summed E-state index contributed by atoms with van der Waals surface area (Å²) in [6, 6.07) is 7.07. The van der Waals surface area contributed by atoms with Crippen LogP contribution < -0.4 is 16.0 Å². The largest absolute Gasteiger partial charge is 0.453 e. The van der Waals surface area contributed by atoms with Crippen LogP contribution in [0.15, 0.2) is 36.7 Å². The van der Waals surface area contributed by atoms with Crippen molar-refractivity contribution < 1.29 is 19.1 Å². The minimum Gasteiger partial charge on any atom is -0.453 e. The summed E-state index contributed by atoms with van der Waals surface area (Å²) in [5.74, 6) is 0.604. The number of halogens is 1. The smallest absolute Gasteiger partial charge is 0.412 e. The van der Waals surface area contributed by atoms with Crippen LogP contribution >= 0.6 is 11.6 Å². The molecule has 11 heteroatoms. The SMILES string of the molecule is COC(=O)Nc1ccnc(N[C@@H](C)C2CC3CC(Cl)C(OCc4ccccn4)CC3NC2=O)n1. The molecule has 10 nitrogen and oxygen atoms in total. The van der Waals surface area contributed by atoms with Crippen molar-refractivity contribution in [3.05, 3.63) is 42.4 Å². The molecular formula is C23H29ClN6O4. The van der Waals surface area contributed by atoms with Gasteiger partial charge in [0.1, 0.15) is 5.82 Å². The zero-order chi connectivity index (χ0) is 24.1. The average Bonchev–Trinajstić information content (AvgIpc) is 2.83. The Balaban J connectivity index is 1.33. The molecule has 2 aromatic rings. The number of anilines is 2. The molecule has 2 aliphatic rings. The molecule has 1 aliphatic heterocycles. The second kappa shape index (κ2) is 11.0. The number of carbonyl (C=O) groups excluding carboxylic acids is 2. The van der Waals surface area contributed by atoms with E-state index in [2.05, 4.69) is 35.6 Å². The van der Waals surface area contributed by atoms with E-state index in [-0.39, 0.29) is 41.3 Å². The third-order valence-corrected chi connectivity index (χ3v) is 6.87. The van der Waals surface area contributed by atoms with E-state index < -0.39 is 6.09 Å². The number of hydrogen-bond donors (Lipinski definition) is 3. The minimum atomic E-state index is -0.620. The van der Waals surface area contributed by atoms with E-state index in [1.807, 2.05) is 25.1 Å². The number of carbonyl (C=O) groups is 2. The maximum absolute atomic E-state index is 13.0. The molecule has 3 N–H and O–H groups in total. The van der Waals surface area contributed by atoms with Crippen LogP contribution in [0.5, 0.6) is 0 Å². The second-order valence-corrected chi connectivity index (χ2v) is 9.25. The first kappa shape index (κ1) is 24.2. The summed E-state index contributed by atoms with van der Waals surface area (Å²) in [6.07, 6.45) is 4.65. The summed E-state index contributed by atoms with van der Waals surface area (Å²) < 4.78 is 10.6. The van der Waals surface area contributed by atoms with E-state index in [0.29, 0.717) is 31.2 Å². The van der Waals surface area contributed by atoms with Gasteiger partial charge in [-0.25, -0.2) is 9.78 Å². The van der Waals surface area contributed by atoms with Crippen LogP contribution in [0, 0.1) is 11.8 Å². The van der Waals surface area contributed by atoms with Gasteiger partial charge in [0.05, 0.1) is 36.8 Å². The molecule has 6 atom stereocenters. The predicted octanol–water partition coefficient (Wildman–Crippen LogP) is 2.96. The van der Waals surface area contributed by atoms with Crippen molar-refractivity contribution in [2.45, 2.75) is 56.4 Å². The molecule has 2 aromatic heterocycles. The Labute approximate surface area is 203 Å². The van der Waals surface area contributed by atoms with Gasteiger partial charge in [0, 0.05) is 24.5 Å². The highest BCUT2D eigenvalue weighted by Gasteiger charge is 2.44. The van der Waals surface area contributed by atoms with E-state index >= 15 is 0 Å². The summed E-state index contributed by atoms with van der Waals surface area (Å²) in [4.78, 5) is 37.1. The number of nitrogens with zero attached hydrogens (tertiary/aromatic N) is 3. The molecule has 1 aliphatic carbocycles. The topological polar surface area (TPSA) is 127 Å². The quantitative estimate of drug-likeness (QED) is 0.507. The first-order chi connectivity index (χ1) is 16.4. The van der Waals surface area contributed by atoms with Gasteiger partial charge < -0.3 is 20.1 Å². The molecule has 2 amide bonds. The summed E-state index contributed by atoms with van der Waals surface area (Å²) in [6.45, 7) is 2.32. The minimum absolute atomic E-state index is 0.0124. The van der Waals surface area contributed by atoms with Gasteiger partial charge in [0.15, 0.2) is 0 Å². The molecule has 0 radical (unpaired) electrons. The van der Waals surface area contributed by atoms with Crippen molar-refractivity contribution in [1.82, 2.24) is 20.3 Å². The van der Waals surface area contributed by atoms with Gasteiger partial charge in [-0.15, -0.1) is 11.6 Å². The van der Waals surface area contributed by atoms with Gasteiger partial charge in [0.25, 0.3) is 0 Å². The van der Waals surface area contributed by atoms with Crippen molar-refractivity contribution in [1.29, 1.82) is 0 Å². The van der Waals surface area contributed by atoms with Crippen molar-refractivity contribution in [3.8, 4) is 0 Å². The van der Waals surface area contributed by atoms with E-state index in [1.54, 1.807) is 12.3 Å². The number of fused-ring (bicyclic) bond motifs is 1. The Kier molecular flexibility index (Phi) is 7.79. The molecule has 182 valence electrons. The number of pyridine rings is 1. The first-order valence-corrected chi connectivity index (χ1v) is 11.8. The number of methoxy groups -OCH3 is 1. The Bertz CT molecular complexity index is 996. The van der Waals surface area contributed by atoms with Crippen LogP contribution in [-0.4, -0.2) is 57.6 Å². The lowest BCUT2D eigenvalue weighted by Gasteiger charge is -2.45. The third kappa shape index (κ3) is 5.92. The number of piperidine rings is 1. The van der Waals surface area contributed by atoms with Gasteiger partial charge in [0.2, 0.25) is 11.9 Å². The van der Waals surface area contributed by atoms with E-state index in [0.717, 1.165) is 12.1 Å². The number of ether oxygens (including phenoxy) is 2. The van der Waals surface area contributed by atoms with Crippen LogP contribution in [0.25, 0.3) is 0 Å². The maximum Gasteiger partial charge on any atom is 0.412 e. The van der Waals surface area contributed by atoms with Crippen LogP contribution in [0.1, 0.15) is 31.9 Å². The van der Waals surface area contributed by atoms with Crippen molar-refractivity contribution >= 4 is 35.4 Å². The lowest BCUT2D eigenvalue weighted by Crippen LogP contribution is -2.57. The van der Waals surface area contributed by atoms with Crippen molar-refractivity contribution in [3.63, 3.8) is 0 Å². The molecule has 0 aromatic carbocycles. The lowest BCUT2D eigenvalue weighted by molar-refractivity contribution is -0.131. The molecule has 3 heterocycles. The molecule has 2 fully saturated rings. The zero-order valence-corrected chi connectivity index (χ0v) is 19.9. The maximum atomic E-state index is 13.0. The van der Waals surface area contributed by atoms with E-state index in [1.165, 1.54) is 13.3 Å². The monoisotopic (exact) mass is 488 g/mol. The second-order valence-electron chi connectivity index (χ2n) is 8.69. The molecule has 0 spiro atoms. The molecule has 5 unspecified atom stereocenters. The molecule has 1 saturated heterocycles. The molecule has 1 saturated carbocycles. The summed E-state index contributed by atoms with van der Waals surface area (Å²) in [7, 11) is 1.28. The van der Waals surface area contributed by atoms with Gasteiger partial charge in [-0.05, 0) is 50.3 Å². The lowest BCUT2D eigenvalue weighted by atomic mass is 9.73.